The van der Waals surface area contributed by atoms with E-state index in [2.05, 4.69) is 0 Å². The molecule has 0 spiro atoms. The Morgan fingerprint density at radius 1 is 1.45 bits per heavy atom. The maximum absolute atomic E-state index is 10.7. The van der Waals surface area contributed by atoms with Crippen LogP contribution in [0.3, 0.4) is 0 Å². The van der Waals surface area contributed by atoms with Gasteiger partial charge in [-0.2, -0.15) is 0 Å². The van der Waals surface area contributed by atoms with Crippen molar-refractivity contribution in [2.24, 2.45) is 0 Å². The predicted octanol–water partition coefficient (Wildman–Crippen LogP) is 2.17. The Kier molecular flexibility index (Phi) is 5.12. The second-order valence-corrected chi connectivity index (χ2v) is 3.12. The van der Waals surface area contributed by atoms with Crippen LogP contribution >= 0.6 is 0 Å². The first kappa shape index (κ1) is 10.6. The molecule has 0 fully saturated rings. The molecule has 0 aromatic carbocycles. The van der Waals surface area contributed by atoms with Gasteiger partial charge in [-0.3, -0.25) is 4.79 Å². The summed E-state index contributed by atoms with van der Waals surface area (Å²) in [5.74, 6) is 0.206. The van der Waals surface area contributed by atoms with Gasteiger partial charge in [-0.15, -0.1) is 0 Å². The Hall–Kier alpha value is -0.370. The Bertz CT molecular complexity index is 119. The second-order valence-electron chi connectivity index (χ2n) is 3.12. The number of ketones is 1. The molecule has 0 amide bonds. The minimum Gasteiger partial charge on any atom is -0.375 e. The third kappa shape index (κ3) is 6.05. The highest BCUT2D eigenvalue weighted by Crippen LogP contribution is 2.06. The maximum Gasteiger partial charge on any atom is 0.132 e. The van der Waals surface area contributed by atoms with Crippen molar-refractivity contribution in [3.05, 3.63) is 0 Å². The number of ether oxygens (including phenoxy) is 1. The molecule has 1 unspecified atom stereocenters. The zero-order valence-electron chi connectivity index (χ0n) is 7.89. The Morgan fingerprint density at radius 2 is 2.00 bits per heavy atom. The lowest BCUT2D eigenvalue weighted by Gasteiger charge is -2.17. The van der Waals surface area contributed by atoms with E-state index in [0.29, 0.717) is 6.42 Å². The molecule has 0 aromatic rings. The fourth-order valence-corrected chi connectivity index (χ4v) is 0.994. The van der Waals surface area contributed by atoms with Gasteiger partial charge in [0.15, 0.2) is 0 Å². The van der Waals surface area contributed by atoms with Crippen molar-refractivity contribution in [3.8, 4) is 0 Å². The normalized spacial score (nSPS) is 13.5. The molecule has 0 aliphatic carbocycles. The topological polar surface area (TPSA) is 26.3 Å². The highest BCUT2D eigenvalue weighted by Gasteiger charge is 2.10. The molecule has 2 heteroatoms. The summed E-state index contributed by atoms with van der Waals surface area (Å²) in [4.78, 5) is 10.7. The van der Waals surface area contributed by atoms with Gasteiger partial charge in [-0.25, -0.2) is 0 Å². The standard InChI is InChI=1S/C9H18O2/c1-5-9(6-8(4)10)11-7(2)3/h7,9H,5-6H2,1-4H3. The summed E-state index contributed by atoms with van der Waals surface area (Å²) in [5.41, 5.74) is 0. The molecule has 0 heterocycles. The van der Waals surface area contributed by atoms with E-state index in [0.717, 1.165) is 6.42 Å². The molecule has 0 saturated carbocycles. The van der Waals surface area contributed by atoms with Crippen LogP contribution in [0.25, 0.3) is 0 Å². The third-order valence-electron chi connectivity index (χ3n) is 1.44. The van der Waals surface area contributed by atoms with Crippen LogP contribution in [0.5, 0.6) is 0 Å². The number of hydrogen-bond donors (Lipinski definition) is 0. The van der Waals surface area contributed by atoms with E-state index in [1.165, 1.54) is 0 Å². The molecule has 0 aliphatic heterocycles. The molecule has 0 rings (SSSR count). The van der Waals surface area contributed by atoms with Crippen molar-refractivity contribution in [1.29, 1.82) is 0 Å². The molecule has 2 nitrogen and oxygen atoms in total. The summed E-state index contributed by atoms with van der Waals surface area (Å²) >= 11 is 0. The Morgan fingerprint density at radius 3 is 2.27 bits per heavy atom. The average molecular weight is 158 g/mol. The molecule has 0 N–H and O–H groups in total. The quantitative estimate of drug-likeness (QED) is 0.613. The Labute approximate surface area is 68.9 Å². The number of Topliss-reactive ketones (excluding diaryl/α,β-unsaturated/α-hetero) is 1. The second kappa shape index (κ2) is 5.30. The van der Waals surface area contributed by atoms with Crippen molar-refractivity contribution in [3.63, 3.8) is 0 Å². The number of carbonyl (C=O) groups excluding carboxylic acids is 1. The summed E-state index contributed by atoms with van der Waals surface area (Å²) in [6.45, 7) is 7.62. The molecule has 1 atom stereocenters. The summed E-state index contributed by atoms with van der Waals surface area (Å²) in [6.07, 6.45) is 1.80. The SMILES string of the molecule is CCC(CC(C)=O)OC(C)C. The summed E-state index contributed by atoms with van der Waals surface area (Å²) < 4.78 is 5.49. The van der Waals surface area contributed by atoms with E-state index < -0.39 is 0 Å². The zero-order valence-corrected chi connectivity index (χ0v) is 7.89. The summed E-state index contributed by atoms with van der Waals surface area (Å²) in [6, 6.07) is 0. The van der Waals surface area contributed by atoms with E-state index in [-0.39, 0.29) is 18.0 Å². The maximum atomic E-state index is 10.7. The van der Waals surface area contributed by atoms with Crippen molar-refractivity contribution >= 4 is 5.78 Å². The van der Waals surface area contributed by atoms with Crippen LogP contribution in [-0.4, -0.2) is 18.0 Å². The molecule has 0 bridgehead atoms. The third-order valence-corrected chi connectivity index (χ3v) is 1.44. The monoisotopic (exact) mass is 158 g/mol. The zero-order chi connectivity index (χ0) is 8.85. The largest absolute Gasteiger partial charge is 0.375 e. The lowest BCUT2D eigenvalue weighted by atomic mass is 10.1. The van der Waals surface area contributed by atoms with Gasteiger partial charge < -0.3 is 4.74 Å². The predicted molar refractivity (Wildman–Crippen MR) is 45.6 cm³/mol. The lowest BCUT2D eigenvalue weighted by Crippen LogP contribution is -2.19. The van der Waals surface area contributed by atoms with Gasteiger partial charge in [0.25, 0.3) is 0 Å². The van der Waals surface area contributed by atoms with E-state index >= 15 is 0 Å². The molecule has 0 aromatic heterocycles. The van der Waals surface area contributed by atoms with Gasteiger partial charge in [0.2, 0.25) is 0 Å². The van der Waals surface area contributed by atoms with Gasteiger partial charge in [-0.05, 0) is 27.2 Å². The van der Waals surface area contributed by atoms with Gasteiger partial charge in [0.1, 0.15) is 5.78 Å². The Balaban J connectivity index is 3.66. The minimum absolute atomic E-state index is 0.118. The molecule has 66 valence electrons. The number of carbonyl (C=O) groups is 1. The van der Waals surface area contributed by atoms with Crippen LogP contribution in [0.2, 0.25) is 0 Å². The van der Waals surface area contributed by atoms with Crippen molar-refractivity contribution in [1.82, 2.24) is 0 Å². The average Bonchev–Trinajstić information content (AvgIpc) is 1.84. The van der Waals surface area contributed by atoms with Crippen molar-refractivity contribution in [2.45, 2.75) is 52.7 Å². The van der Waals surface area contributed by atoms with Gasteiger partial charge in [-0.1, -0.05) is 6.92 Å². The number of hydrogen-bond acceptors (Lipinski definition) is 2. The van der Waals surface area contributed by atoms with E-state index in [9.17, 15) is 4.79 Å². The van der Waals surface area contributed by atoms with Crippen LogP contribution in [-0.2, 0) is 9.53 Å². The van der Waals surface area contributed by atoms with Crippen molar-refractivity contribution < 1.29 is 9.53 Å². The van der Waals surface area contributed by atoms with Crippen LogP contribution in [0, 0.1) is 0 Å². The molecule has 0 aliphatic rings. The molecular weight excluding hydrogens is 140 g/mol. The van der Waals surface area contributed by atoms with Crippen LogP contribution in [0.1, 0.15) is 40.5 Å². The van der Waals surface area contributed by atoms with Crippen LogP contribution < -0.4 is 0 Å². The first-order valence-electron chi connectivity index (χ1n) is 4.21. The fraction of sp³-hybridized carbons (Fsp3) is 0.889. The van der Waals surface area contributed by atoms with Gasteiger partial charge in [0.05, 0.1) is 12.2 Å². The molecule has 0 saturated heterocycles. The summed E-state index contributed by atoms with van der Waals surface area (Å²) in [7, 11) is 0. The van der Waals surface area contributed by atoms with E-state index in [4.69, 9.17) is 4.74 Å². The minimum atomic E-state index is 0.118. The van der Waals surface area contributed by atoms with Gasteiger partial charge >= 0.3 is 0 Å². The lowest BCUT2D eigenvalue weighted by molar-refractivity contribution is -0.120. The molecular formula is C9H18O2. The highest BCUT2D eigenvalue weighted by molar-refractivity contribution is 5.75. The highest BCUT2D eigenvalue weighted by atomic mass is 16.5. The van der Waals surface area contributed by atoms with Crippen LogP contribution in [0.4, 0.5) is 0 Å². The number of rotatable bonds is 5. The van der Waals surface area contributed by atoms with E-state index in [1.54, 1.807) is 6.92 Å². The van der Waals surface area contributed by atoms with Crippen molar-refractivity contribution in [2.75, 3.05) is 0 Å². The fourth-order valence-electron chi connectivity index (χ4n) is 0.994. The van der Waals surface area contributed by atoms with Crippen LogP contribution in [0.15, 0.2) is 0 Å². The first-order chi connectivity index (χ1) is 5.06. The summed E-state index contributed by atoms with van der Waals surface area (Å²) in [5, 5.41) is 0. The smallest absolute Gasteiger partial charge is 0.132 e. The van der Waals surface area contributed by atoms with E-state index in [1.807, 2.05) is 20.8 Å². The molecule has 0 radical (unpaired) electrons. The molecule has 11 heavy (non-hydrogen) atoms. The first-order valence-corrected chi connectivity index (χ1v) is 4.21. The van der Waals surface area contributed by atoms with Gasteiger partial charge in [0, 0.05) is 6.42 Å².